The van der Waals surface area contributed by atoms with E-state index in [4.69, 9.17) is 11.6 Å². The summed E-state index contributed by atoms with van der Waals surface area (Å²) in [5.74, 6) is 0. The largest absolute Gasteiger partial charge is 0.301 e. The smallest absolute Gasteiger partial charge is 0.0904 e. The molecule has 1 rings (SSSR count). The Morgan fingerprint density at radius 2 is 1.67 bits per heavy atom. The van der Waals surface area contributed by atoms with Crippen molar-refractivity contribution in [2.24, 2.45) is 0 Å². The van der Waals surface area contributed by atoms with Crippen LogP contribution in [0.2, 0.25) is 0 Å². The molecule has 0 unspecified atom stereocenters. The first kappa shape index (κ1) is 13.3. The van der Waals surface area contributed by atoms with Gasteiger partial charge < -0.3 is 4.90 Å². The van der Waals surface area contributed by atoms with Gasteiger partial charge in [0.15, 0.2) is 0 Å². The summed E-state index contributed by atoms with van der Waals surface area (Å²) < 4.78 is 0. The summed E-state index contributed by atoms with van der Waals surface area (Å²) in [6.45, 7) is 12.3. The highest BCUT2D eigenvalue weighted by Gasteiger charge is 2.27. The maximum atomic E-state index is 6.29. The second-order valence-corrected chi connectivity index (χ2v) is 5.87. The Morgan fingerprint density at radius 3 is 2.13 bits per heavy atom. The fourth-order valence-corrected chi connectivity index (χ4v) is 2.26. The average molecular weight is 233 g/mol. The lowest BCUT2D eigenvalue weighted by Crippen LogP contribution is -2.52. The van der Waals surface area contributed by atoms with Gasteiger partial charge in [0.05, 0.1) is 5.00 Å². The Labute approximate surface area is 99.6 Å². The zero-order chi connectivity index (χ0) is 11.3. The maximum Gasteiger partial charge on any atom is 0.0904 e. The molecule has 0 N–H and O–H groups in total. The van der Waals surface area contributed by atoms with Gasteiger partial charge in [0.25, 0.3) is 0 Å². The molecule has 1 aliphatic rings. The number of rotatable bonds is 5. The third-order valence-electron chi connectivity index (χ3n) is 3.20. The molecule has 2 nitrogen and oxygen atoms in total. The summed E-state index contributed by atoms with van der Waals surface area (Å²) in [6.07, 6.45) is 4.02. The Bertz CT molecular complexity index is 169. The van der Waals surface area contributed by atoms with Gasteiger partial charge in [0, 0.05) is 26.2 Å². The second-order valence-electron chi connectivity index (χ2n) is 4.95. The molecule has 1 saturated heterocycles. The molecule has 0 bridgehead atoms. The molecule has 0 aromatic heterocycles. The summed E-state index contributed by atoms with van der Waals surface area (Å²) in [6, 6.07) is 0. The fraction of sp³-hybridized carbons (Fsp3) is 1.00. The summed E-state index contributed by atoms with van der Waals surface area (Å²) in [7, 11) is 0. The lowest BCUT2D eigenvalue weighted by molar-refractivity contribution is 0.0910. The molecular weight excluding hydrogens is 208 g/mol. The number of halogens is 1. The molecule has 0 aromatic rings. The third kappa shape index (κ3) is 4.71. The molecule has 1 fully saturated rings. The molecular formula is C12H25ClN2. The predicted octanol–water partition coefficient (Wildman–Crippen LogP) is 2.77. The van der Waals surface area contributed by atoms with E-state index in [2.05, 4.69) is 30.6 Å². The zero-order valence-electron chi connectivity index (χ0n) is 10.4. The SMILES string of the molecule is CCCCCN1CCN(C(C)(C)Cl)CC1. The van der Waals surface area contributed by atoms with Crippen molar-refractivity contribution in [3.63, 3.8) is 0 Å². The Hall–Kier alpha value is 0.210. The van der Waals surface area contributed by atoms with Gasteiger partial charge in [-0.15, -0.1) is 11.6 Å². The van der Waals surface area contributed by atoms with Gasteiger partial charge in [-0.05, 0) is 26.8 Å². The molecule has 0 amide bonds. The summed E-state index contributed by atoms with van der Waals surface area (Å²) in [4.78, 5) is 4.76. The van der Waals surface area contributed by atoms with Crippen LogP contribution in [0.5, 0.6) is 0 Å². The average Bonchev–Trinajstić information content (AvgIpc) is 2.18. The van der Waals surface area contributed by atoms with E-state index < -0.39 is 0 Å². The summed E-state index contributed by atoms with van der Waals surface area (Å²) in [5, 5.41) is 0. The topological polar surface area (TPSA) is 6.48 Å². The Morgan fingerprint density at radius 1 is 1.07 bits per heavy atom. The Balaban J connectivity index is 2.18. The predicted molar refractivity (Wildman–Crippen MR) is 67.5 cm³/mol. The van der Waals surface area contributed by atoms with E-state index in [0.29, 0.717) is 0 Å². The first-order chi connectivity index (χ1) is 7.04. The molecule has 0 aromatic carbocycles. The highest BCUT2D eigenvalue weighted by molar-refractivity contribution is 6.23. The number of piperazine rings is 1. The van der Waals surface area contributed by atoms with Crippen molar-refractivity contribution >= 4 is 11.6 Å². The van der Waals surface area contributed by atoms with E-state index in [0.717, 1.165) is 13.1 Å². The van der Waals surface area contributed by atoms with Crippen molar-refractivity contribution in [3.8, 4) is 0 Å². The van der Waals surface area contributed by atoms with Crippen molar-refractivity contribution in [2.45, 2.75) is 45.0 Å². The molecule has 0 atom stereocenters. The molecule has 90 valence electrons. The minimum atomic E-state index is -0.171. The van der Waals surface area contributed by atoms with Crippen molar-refractivity contribution in [3.05, 3.63) is 0 Å². The van der Waals surface area contributed by atoms with Crippen molar-refractivity contribution < 1.29 is 0 Å². The van der Waals surface area contributed by atoms with Crippen molar-refractivity contribution in [1.82, 2.24) is 9.80 Å². The van der Waals surface area contributed by atoms with Crippen LogP contribution in [0, 0.1) is 0 Å². The Kier molecular flexibility index (Phi) is 5.37. The van der Waals surface area contributed by atoms with Gasteiger partial charge in [0.2, 0.25) is 0 Å². The van der Waals surface area contributed by atoms with Gasteiger partial charge >= 0.3 is 0 Å². The van der Waals surface area contributed by atoms with Gasteiger partial charge in [-0.1, -0.05) is 19.8 Å². The van der Waals surface area contributed by atoms with E-state index >= 15 is 0 Å². The van der Waals surface area contributed by atoms with Gasteiger partial charge in [0.1, 0.15) is 0 Å². The van der Waals surface area contributed by atoms with Gasteiger partial charge in [-0.3, -0.25) is 4.90 Å². The van der Waals surface area contributed by atoms with E-state index in [1.807, 2.05) is 0 Å². The normalized spacial score (nSPS) is 20.8. The molecule has 0 aliphatic carbocycles. The number of nitrogens with zero attached hydrogens (tertiary/aromatic N) is 2. The van der Waals surface area contributed by atoms with Crippen LogP contribution in [-0.4, -0.2) is 47.5 Å². The van der Waals surface area contributed by atoms with Crippen LogP contribution in [0.15, 0.2) is 0 Å². The molecule has 3 heteroatoms. The van der Waals surface area contributed by atoms with Crippen LogP contribution >= 0.6 is 11.6 Å². The minimum absolute atomic E-state index is 0.171. The molecule has 1 heterocycles. The number of unbranched alkanes of at least 4 members (excludes halogenated alkanes) is 2. The monoisotopic (exact) mass is 232 g/mol. The standard InChI is InChI=1S/C12H25ClN2/c1-4-5-6-7-14-8-10-15(11-9-14)12(2,3)13/h4-11H2,1-3H3. The molecule has 0 saturated carbocycles. The van der Waals surface area contributed by atoms with Crippen LogP contribution in [0.4, 0.5) is 0 Å². The highest BCUT2D eigenvalue weighted by Crippen LogP contribution is 2.20. The number of alkyl halides is 1. The van der Waals surface area contributed by atoms with Crippen molar-refractivity contribution in [2.75, 3.05) is 32.7 Å². The first-order valence-electron chi connectivity index (χ1n) is 6.20. The lowest BCUT2D eigenvalue weighted by atomic mass is 10.2. The molecule has 15 heavy (non-hydrogen) atoms. The first-order valence-corrected chi connectivity index (χ1v) is 6.58. The highest BCUT2D eigenvalue weighted by atomic mass is 35.5. The quantitative estimate of drug-likeness (QED) is 0.409. The van der Waals surface area contributed by atoms with Crippen molar-refractivity contribution in [1.29, 1.82) is 0 Å². The van der Waals surface area contributed by atoms with Crippen LogP contribution in [0.25, 0.3) is 0 Å². The molecule has 0 radical (unpaired) electrons. The van der Waals surface area contributed by atoms with E-state index in [1.54, 1.807) is 0 Å². The number of hydrogen-bond acceptors (Lipinski definition) is 2. The zero-order valence-corrected chi connectivity index (χ0v) is 11.2. The molecule has 1 aliphatic heterocycles. The van der Waals surface area contributed by atoms with E-state index in [9.17, 15) is 0 Å². The van der Waals surface area contributed by atoms with Crippen LogP contribution < -0.4 is 0 Å². The second kappa shape index (κ2) is 6.07. The minimum Gasteiger partial charge on any atom is -0.301 e. The third-order valence-corrected chi connectivity index (χ3v) is 3.44. The van der Waals surface area contributed by atoms with Crippen LogP contribution in [0.3, 0.4) is 0 Å². The molecule has 0 spiro atoms. The van der Waals surface area contributed by atoms with Crippen LogP contribution in [0.1, 0.15) is 40.0 Å². The summed E-state index contributed by atoms with van der Waals surface area (Å²) >= 11 is 6.29. The van der Waals surface area contributed by atoms with Gasteiger partial charge in [-0.2, -0.15) is 0 Å². The fourth-order valence-electron chi connectivity index (χ4n) is 2.09. The van der Waals surface area contributed by atoms with Gasteiger partial charge in [-0.25, -0.2) is 0 Å². The summed E-state index contributed by atoms with van der Waals surface area (Å²) in [5.41, 5.74) is 0. The van der Waals surface area contributed by atoms with E-state index in [1.165, 1.54) is 38.9 Å². The lowest BCUT2D eigenvalue weighted by Gasteiger charge is -2.40. The van der Waals surface area contributed by atoms with E-state index in [-0.39, 0.29) is 5.00 Å². The van der Waals surface area contributed by atoms with Crippen LogP contribution in [-0.2, 0) is 0 Å². The maximum absolute atomic E-state index is 6.29. The number of hydrogen-bond donors (Lipinski definition) is 0.